The van der Waals surface area contributed by atoms with Gasteiger partial charge in [0.05, 0.1) is 0 Å². The van der Waals surface area contributed by atoms with Gasteiger partial charge in [0.15, 0.2) is 0 Å². The second-order valence-corrected chi connectivity index (χ2v) is 7.96. The van der Waals surface area contributed by atoms with Crippen molar-refractivity contribution in [1.82, 2.24) is 10.2 Å². The van der Waals surface area contributed by atoms with E-state index in [-0.39, 0.29) is 32.0 Å². The Morgan fingerprint density at radius 3 is 1.68 bits per heavy atom. The molecule has 0 radical (unpaired) electrons. The molecule has 0 aromatic heterocycles. The Bertz CT molecular complexity index is 437. The van der Waals surface area contributed by atoms with Crippen molar-refractivity contribution in [3.63, 3.8) is 0 Å². The van der Waals surface area contributed by atoms with E-state index in [0.717, 1.165) is 32.1 Å². The molecule has 0 saturated carbocycles. The normalized spacial score (nSPS) is 16.1. The fraction of sp³-hybridized carbons (Fsp3) is 0.905. The van der Waals surface area contributed by atoms with Crippen molar-refractivity contribution in [1.29, 1.82) is 0 Å². The van der Waals surface area contributed by atoms with Gasteiger partial charge in [-0.1, -0.05) is 64.2 Å². The number of rotatable bonds is 15. The Kier molecular flexibility index (Phi) is 12.8. The molecule has 2 amide bonds. The van der Waals surface area contributed by atoms with Gasteiger partial charge in [-0.3, -0.25) is 4.79 Å². The summed E-state index contributed by atoms with van der Waals surface area (Å²) in [6.07, 6.45) is 13.4. The van der Waals surface area contributed by atoms with Crippen LogP contribution < -0.4 is 5.32 Å². The maximum Gasteiger partial charge on any atom is 0.317 e. The highest BCUT2D eigenvalue weighted by molar-refractivity contribution is 5.74. The van der Waals surface area contributed by atoms with E-state index in [0.29, 0.717) is 13.0 Å². The molecular weight excluding hydrogens is 366 g/mol. The minimum Gasteiger partial charge on any atom is -0.481 e. The molecule has 1 saturated heterocycles. The lowest BCUT2D eigenvalue weighted by Gasteiger charge is -2.31. The van der Waals surface area contributed by atoms with Gasteiger partial charge in [-0.25, -0.2) is 13.6 Å². The lowest BCUT2D eigenvalue weighted by Crippen LogP contribution is -2.47. The van der Waals surface area contributed by atoms with Gasteiger partial charge in [0.25, 0.3) is 5.92 Å². The average molecular weight is 405 g/mol. The number of carboxylic acid groups (broad SMARTS) is 1. The van der Waals surface area contributed by atoms with Crippen molar-refractivity contribution in [3.05, 3.63) is 0 Å². The van der Waals surface area contributed by atoms with Crippen LogP contribution in [0, 0.1) is 0 Å². The molecule has 1 fully saturated rings. The molecule has 7 heteroatoms. The molecule has 28 heavy (non-hydrogen) atoms. The number of hydrogen-bond acceptors (Lipinski definition) is 2. The smallest absolute Gasteiger partial charge is 0.317 e. The van der Waals surface area contributed by atoms with Gasteiger partial charge in [0, 0.05) is 38.9 Å². The fourth-order valence-corrected chi connectivity index (χ4v) is 3.51. The monoisotopic (exact) mass is 404 g/mol. The van der Waals surface area contributed by atoms with E-state index in [4.69, 9.17) is 5.11 Å². The lowest BCUT2D eigenvalue weighted by molar-refractivity contribution is -0.137. The van der Waals surface area contributed by atoms with Gasteiger partial charge in [-0.15, -0.1) is 0 Å². The summed E-state index contributed by atoms with van der Waals surface area (Å²) in [5.74, 6) is -3.31. The largest absolute Gasteiger partial charge is 0.481 e. The quantitative estimate of drug-likeness (QED) is 0.350. The van der Waals surface area contributed by atoms with Gasteiger partial charge in [-0.05, 0) is 12.8 Å². The number of aliphatic carboxylic acids is 1. The molecule has 5 nitrogen and oxygen atoms in total. The van der Waals surface area contributed by atoms with Crippen LogP contribution in [0.2, 0.25) is 0 Å². The maximum atomic E-state index is 13.1. The van der Waals surface area contributed by atoms with Crippen LogP contribution in [0.25, 0.3) is 0 Å². The van der Waals surface area contributed by atoms with Crippen molar-refractivity contribution < 1.29 is 23.5 Å². The van der Waals surface area contributed by atoms with Crippen LogP contribution >= 0.6 is 0 Å². The summed E-state index contributed by atoms with van der Waals surface area (Å²) in [5.41, 5.74) is 0. The third kappa shape index (κ3) is 12.9. The molecule has 0 aliphatic carbocycles. The van der Waals surface area contributed by atoms with E-state index in [2.05, 4.69) is 5.32 Å². The number of likely N-dealkylation sites (tertiary alicyclic amines) is 1. The number of amides is 2. The number of halogens is 2. The number of unbranched alkanes of at least 4 members (excludes halogenated alkanes) is 11. The molecule has 2 N–H and O–H groups in total. The zero-order chi connectivity index (χ0) is 20.7. The Morgan fingerprint density at radius 2 is 1.21 bits per heavy atom. The number of carbonyl (C=O) groups excluding carboxylic acids is 1. The highest BCUT2D eigenvalue weighted by Crippen LogP contribution is 2.27. The minimum absolute atomic E-state index is 0.140. The fourth-order valence-electron chi connectivity index (χ4n) is 3.51. The molecule has 1 aliphatic rings. The SMILES string of the molecule is O=C(O)CCCCCCCCCCCCCCNC(=O)N1CCC(F)(F)CC1. The van der Waals surface area contributed by atoms with Crippen molar-refractivity contribution in [2.75, 3.05) is 19.6 Å². The molecule has 0 unspecified atom stereocenters. The average Bonchev–Trinajstić information content (AvgIpc) is 2.64. The number of carbonyl (C=O) groups is 2. The van der Waals surface area contributed by atoms with Crippen molar-refractivity contribution >= 4 is 12.0 Å². The van der Waals surface area contributed by atoms with Crippen LogP contribution in [0.4, 0.5) is 13.6 Å². The van der Waals surface area contributed by atoms with Gasteiger partial charge in [0.1, 0.15) is 0 Å². The number of carboxylic acids is 1. The first kappa shape index (κ1) is 24.6. The van der Waals surface area contributed by atoms with E-state index >= 15 is 0 Å². The number of alkyl halides is 2. The first-order valence-corrected chi connectivity index (χ1v) is 11.0. The molecule has 0 atom stereocenters. The number of piperidine rings is 1. The summed E-state index contributed by atoms with van der Waals surface area (Å²) in [7, 11) is 0. The number of urea groups is 1. The van der Waals surface area contributed by atoms with Crippen molar-refractivity contribution in [3.8, 4) is 0 Å². The molecule has 1 rings (SSSR count). The zero-order valence-corrected chi connectivity index (χ0v) is 17.2. The van der Waals surface area contributed by atoms with Crippen molar-refractivity contribution in [2.45, 2.75) is 102 Å². The molecule has 1 aliphatic heterocycles. The molecular formula is C21H38F2N2O3. The Labute approximate surface area is 168 Å². The third-order valence-electron chi connectivity index (χ3n) is 5.38. The molecule has 0 spiro atoms. The summed E-state index contributed by atoms with van der Waals surface area (Å²) in [4.78, 5) is 23.8. The van der Waals surface area contributed by atoms with Crippen LogP contribution in [0.5, 0.6) is 0 Å². The Balaban J connectivity index is 1.80. The molecule has 164 valence electrons. The van der Waals surface area contributed by atoms with Crippen LogP contribution in [0.1, 0.15) is 96.3 Å². The second-order valence-electron chi connectivity index (χ2n) is 7.96. The number of nitrogens with zero attached hydrogens (tertiary/aromatic N) is 1. The molecule has 1 heterocycles. The minimum atomic E-state index is -2.61. The van der Waals surface area contributed by atoms with E-state index < -0.39 is 11.9 Å². The maximum absolute atomic E-state index is 13.1. The molecule has 0 bridgehead atoms. The molecule has 0 aromatic carbocycles. The Morgan fingerprint density at radius 1 is 0.786 bits per heavy atom. The zero-order valence-electron chi connectivity index (χ0n) is 17.2. The summed E-state index contributed by atoms with van der Waals surface area (Å²) < 4.78 is 26.1. The van der Waals surface area contributed by atoms with Crippen molar-refractivity contribution in [2.24, 2.45) is 0 Å². The van der Waals surface area contributed by atoms with Crippen LogP contribution in [0.15, 0.2) is 0 Å². The van der Waals surface area contributed by atoms with Gasteiger partial charge in [0.2, 0.25) is 0 Å². The van der Waals surface area contributed by atoms with E-state index in [1.807, 2.05) is 0 Å². The van der Waals surface area contributed by atoms with Gasteiger partial charge >= 0.3 is 12.0 Å². The molecule has 0 aromatic rings. The van der Waals surface area contributed by atoms with E-state index in [1.54, 1.807) is 0 Å². The highest BCUT2D eigenvalue weighted by Gasteiger charge is 2.35. The summed E-state index contributed by atoms with van der Waals surface area (Å²) in [6, 6.07) is -0.210. The van der Waals surface area contributed by atoms with Crippen LogP contribution in [-0.4, -0.2) is 47.6 Å². The van der Waals surface area contributed by atoms with E-state index in [1.165, 1.54) is 49.8 Å². The highest BCUT2D eigenvalue weighted by atomic mass is 19.3. The standard InChI is InChI=1S/C21H38F2N2O3/c22-21(23)14-17-25(18-15-21)20(28)24-16-12-10-8-6-4-2-1-3-5-7-9-11-13-19(26)27/h1-18H2,(H,24,28)(H,26,27). The Hall–Kier alpha value is -1.40. The van der Waals surface area contributed by atoms with Gasteiger partial charge < -0.3 is 15.3 Å². The second kappa shape index (κ2) is 14.6. The van der Waals surface area contributed by atoms with Crippen LogP contribution in [0.3, 0.4) is 0 Å². The summed E-state index contributed by atoms with van der Waals surface area (Å²) in [6.45, 7) is 0.899. The topological polar surface area (TPSA) is 69.6 Å². The first-order chi connectivity index (χ1) is 13.4. The van der Waals surface area contributed by atoms with Gasteiger partial charge in [-0.2, -0.15) is 0 Å². The van der Waals surface area contributed by atoms with E-state index in [9.17, 15) is 18.4 Å². The first-order valence-electron chi connectivity index (χ1n) is 11.0. The third-order valence-corrected chi connectivity index (χ3v) is 5.38. The predicted molar refractivity (Wildman–Crippen MR) is 107 cm³/mol. The van der Waals surface area contributed by atoms with Crippen LogP contribution in [-0.2, 0) is 4.79 Å². The predicted octanol–water partition coefficient (Wildman–Crippen LogP) is 5.58. The summed E-state index contributed by atoms with van der Waals surface area (Å²) in [5, 5.41) is 11.4. The number of hydrogen-bond donors (Lipinski definition) is 2. The lowest BCUT2D eigenvalue weighted by atomic mass is 10.0. The summed E-state index contributed by atoms with van der Waals surface area (Å²) >= 11 is 0. The number of nitrogens with one attached hydrogen (secondary N) is 1.